The molecular formula is C16H21ClN2O4. The zero-order valence-corrected chi connectivity index (χ0v) is 14.3. The van der Waals surface area contributed by atoms with Crippen molar-refractivity contribution in [1.82, 2.24) is 5.32 Å². The van der Waals surface area contributed by atoms with E-state index in [0.717, 1.165) is 0 Å². The predicted molar refractivity (Wildman–Crippen MR) is 89.6 cm³/mol. The van der Waals surface area contributed by atoms with Gasteiger partial charge in [0, 0.05) is 6.08 Å². The number of carbonyl (C=O) groups is 2. The minimum atomic E-state index is -0.721. The molecular weight excluding hydrogens is 320 g/mol. The molecule has 0 saturated carbocycles. The number of nitrogens with one attached hydrogen (secondary N) is 1. The van der Waals surface area contributed by atoms with Crippen molar-refractivity contribution in [1.29, 1.82) is 0 Å². The maximum Gasteiger partial charge on any atom is 0.244 e. The Morgan fingerprint density at radius 2 is 1.91 bits per heavy atom. The molecule has 0 unspecified atom stereocenters. The van der Waals surface area contributed by atoms with Crippen LogP contribution in [0, 0.1) is 5.92 Å². The first-order valence-electron chi connectivity index (χ1n) is 6.99. The molecule has 0 radical (unpaired) electrons. The van der Waals surface area contributed by atoms with Crippen LogP contribution in [0.2, 0.25) is 5.02 Å². The third kappa shape index (κ3) is 5.17. The molecule has 7 heteroatoms. The summed E-state index contributed by atoms with van der Waals surface area (Å²) >= 11 is 6.10. The first-order valence-corrected chi connectivity index (χ1v) is 7.37. The highest BCUT2D eigenvalue weighted by atomic mass is 35.5. The van der Waals surface area contributed by atoms with E-state index < -0.39 is 17.9 Å². The van der Waals surface area contributed by atoms with Crippen molar-refractivity contribution >= 4 is 29.5 Å². The third-order valence-electron chi connectivity index (χ3n) is 3.15. The van der Waals surface area contributed by atoms with E-state index in [-0.39, 0.29) is 5.92 Å². The minimum Gasteiger partial charge on any atom is -0.493 e. The van der Waals surface area contributed by atoms with Crippen LogP contribution in [0.15, 0.2) is 18.2 Å². The minimum absolute atomic E-state index is 0.0969. The Hall–Kier alpha value is -2.21. The van der Waals surface area contributed by atoms with Crippen molar-refractivity contribution < 1.29 is 19.1 Å². The van der Waals surface area contributed by atoms with Crippen molar-refractivity contribution in [3.63, 3.8) is 0 Å². The molecule has 0 saturated heterocycles. The van der Waals surface area contributed by atoms with Gasteiger partial charge in [0.15, 0.2) is 11.5 Å². The van der Waals surface area contributed by atoms with Gasteiger partial charge in [-0.3, -0.25) is 9.59 Å². The number of hydrogen-bond acceptors (Lipinski definition) is 4. The van der Waals surface area contributed by atoms with Gasteiger partial charge in [-0.15, -0.1) is 0 Å². The maximum absolute atomic E-state index is 11.9. The summed E-state index contributed by atoms with van der Waals surface area (Å²) in [6.45, 7) is 3.60. The fraction of sp³-hybridized carbons (Fsp3) is 0.375. The average molecular weight is 341 g/mol. The average Bonchev–Trinajstić information content (AvgIpc) is 2.49. The summed E-state index contributed by atoms with van der Waals surface area (Å²) < 4.78 is 10.3. The molecule has 1 atom stereocenters. The number of ether oxygens (including phenoxy) is 2. The monoisotopic (exact) mass is 340 g/mol. The van der Waals surface area contributed by atoms with Gasteiger partial charge in [0.25, 0.3) is 0 Å². The number of methoxy groups -OCH3 is 2. The standard InChI is InChI=1S/C16H21ClN2O4/c1-9(2)14(16(18)21)19-13(20)6-5-10-7-11(17)15(23-4)12(8-10)22-3/h5-9,14H,1-4H3,(H2,18,21)(H,19,20)/b6-5-/t14-/m1/s1. The van der Waals surface area contributed by atoms with E-state index in [1.54, 1.807) is 32.1 Å². The fourth-order valence-corrected chi connectivity index (χ4v) is 2.27. The van der Waals surface area contributed by atoms with Crippen LogP contribution in [0.3, 0.4) is 0 Å². The number of carbonyl (C=O) groups excluding carboxylic acids is 2. The lowest BCUT2D eigenvalue weighted by Crippen LogP contribution is -2.47. The van der Waals surface area contributed by atoms with Gasteiger partial charge in [-0.1, -0.05) is 25.4 Å². The summed E-state index contributed by atoms with van der Waals surface area (Å²) in [5.74, 6) is -0.216. The highest BCUT2D eigenvalue weighted by molar-refractivity contribution is 6.32. The SMILES string of the molecule is COc1cc(/C=C\C(=O)N[C@@H](C(N)=O)C(C)C)cc(Cl)c1OC. The van der Waals surface area contributed by atoms with Crippen LogP contribution in [0.25, 0.3) is 6.08 Å². The van der Waals surface area contributed by atoms with Crippen LogP contribution in [-0.2, 0) is 9.59 Å². The number of hydrogen-bond donors (Lipinski definition) is 2. The second-order valence-corrected chi connectivity index (χ2v) is 5.61. The summed E-state index contributed by atoms with van der Waals surface area (Å²) in [6.07, 6.45) is 2.86. The number of amides is 2. The third-order valence-corrected chi connectivity index (χ3v) is 3.43. The zero-order valence-electron chi connectivity index (χ0n) is 13.6. The van der Waals surface area contributed by atoms with E-state index >= 15 is 0 Å². The largest absolute Gasteiger partial charge is 0.493 e. The molecule has 1 rings (SSSR count). The Balaban J connectivity index is 2.90. The van der Waals surface area contributed by atoms with E-state index in [0.29, 0.717) is 22.1 Å². The zero-order chi connectivity index (χ0) is 17.6. The molecule has 0 bridgehead atoms. The van der Waals surface area contributed by atoms with Gasteiger partial charge < -0.3 is 20.5 Å². The summed E-state index contributed by atoms with van der Waals surface area (Å²) in [5, 5.41) is 2.93. The van der Waals surface area contributed by atoms with Crippen molar-refractivity contribution in [3.8, 4) is 11.5 Å². The molecule has 1 aromatic rings. The van der Waals surface area contributed by atoms with Crippen molar-refractivity contribution in [2.75, 3.05) is 14.2 Å². The van der Waals surface area contributed by atoms with Crippen LogP contribution >= 0.6 is 11.6 Å². The number of primary amides is 1. The molecule has 1 aromatic carbocycles. The lowest BCUT2D eigenvalue weighted by Gasteiger charge is -2.17. The topological polar surface area (TPSA) is 90.6 Å². The van der Waals surface area contributed by atoms with Crippen LogP contribution in [0.5, 0.6) is 11.5 Å². The Bertz CT molecular complexity index is 614. The summed E-state index contributed by atoms with van der Waals surface area (Å²) in [6, 6.07) is 2.60. The van der Waals surface area contributed by atoms with Gasteiger partial charge in [-0.25, -0.2) is 0 Å². The fourth-order valence-electron chi connectivity index (χ4n) is 1.97. The van der Waals surface area contributed by atoms with Gasteiger partial charge in [0.05, 0.1) is 19.2 Å². The quantitative estimate of drug-likeness (QED) is 0.743. The molecule has 0 aliphatic heterocycles. The van der Waals surface area contributed by atoms with E-state index in [4.69, 9.17) is 26.8 Å². The molecule has 3 N–H and O–H groups in total. The smallest absolute Gasteiger partial charge is 0.244 e. The van der Waals surface area contributed by atoms with E-state index in [2.05, 4.69) is 5.32 Å². The highest BCUT2D eigenvalue weighted by Gasteiger charge is 2.20. The Kier molecular flexibility index (Phi) is 6.90. The molecule has 126 valence electrons. The molecule has 0 fully saturated rings. The maximum atomic E-state index is 11.9. The predicted octanol–water partition coefficient (Wildman–Crippen LogP) is 2.00. The van der Waals surface area contributed by atoms with E-state index in [1.165, 1.54) is 20.3 Å². The molecule has 0 heterocycles. The second kappa shape index (κ2) is 8.43. The van der Waals surface area contributed by atoms with Gasteiger partial charge in [0.2, 0.25) is 11.8 Å². The molecule has 0 aliphatic carbocycles. The molecule has 0 aromatic heterocycles. The molecule has 23 heavy (non-hydrogen) atoms. The Morgan fingerprint density at radius 3 is 2.39 bits per heavy atom. The Morgan fingerprint density at radius 1 is 1.26 bits per heavy atom. The highest BCUT2D eigenvalue weighted by Crippen LogP contribution is 2.36. The lowest BCUT2D eigenvalue weighted by atomic mass is 10.0. The van der Waals surface area contributed by atoms with Gasteiger partial charge in [0.1, 0.15) is 6.04 Å². The first-order chi connectivity index (χ1) is 10.8. The van der Waals surface area contributed by atoms with Gasteiger partial charge >= 0.3 is 0 Å². The normalized spacial score (nSPS) is 12.3. The number of rotatable bonds is 7. The van der Waals surface area contributed by atoms with Gasteiger partial charge in [-0.05, 0) is 29.7 Å². The van der Waals surface area contributed by atoms with Crippen LogP contribution in [0.1, 0.15) is 19.4 Å². The second-order valence-electron chi connectivity index (χ2n) is 5.20. The van der Waals surface area contributed by atoms with E-state index in [9.17, 15) is 9.59 Å². The van der Waals surface area contributed by atoms with Gasteiger partial charge in [-0.2, -0.15) is 0 Å². The van der Waals surface area contributed by atoms with Crippen molar-refractivity contribution in [2.45, 2.75) is 19.9 Å². The Labute approximate surface area is 140 Å². The van der Waals surface area contributed by atoms with E-state index in [1.807, 2.05) is 0 Å². The molecule has 2 amide bonds. The number of benzene rings is 1. The number of halogens is 1. The molecule has 6 nitrogen and oxygen atoms in total. The van der Waals surface area contributed by atoms with Crippen molar-refractivity contribution in [2.24, 2.45) is 11.7 Å². The first kappa shape index (κ1) is 18.8. The summed E-state index contributed by atoms with van der Waals surface area (Å²) in [5.41, 5.74) is 5.91. The van der Waals surface area contributed by atoms with Crippen LogP contribution in [-0.4, -0.2) is 32.1 Å². The molecule has 0 aliphatic rings. The summed E-state index contributed by atoms with van der Waals surface area (Å²) in [4.78, 5) is 23.2. The molecule has 0 spiro atoms. The van der Waals surface area contributed by atoms with Crippen molar-refractivity contribution in [3.05, 3.63) is 28.8 Å². The number of nitrogens with two attached hydrogens (primary N) is 1. The van der Waals surface area contributed by atoms with Crippen LogP contribution < -0.4 is 20.5 Å². The summed E-state index contributed by atoms with van der Waals surface area (Å²) in [7, 11) is 2.98. The lowest BCUT2D eigenvalue weighted by molar-refractivity contribution is -0.126. The van der Waals surface area contributed by atoms with Crippen LogP contribution in [0.4, 0.5) is 0 Å².